The highest BCUT2D eigenvalue weighted by atomic mass is 32.2. The average Bonchev–Trinajstić information content (AvgIpc) is 2.49. The van der Waals surface area contributed by atoms with E-state index in [0.717, 1.165) is 5.56 Å². The van der Waals surface area contributed by atoms with Gasteiger partial charge in [-0.25, -0.2) is 4.83 Å². The lowest BCUT2D eigenvalue weighted by Crippen LogP contribution is -2.18. The van der Waals surface area contributed by atoms with Crippen LogP contribution in [0.5, 0.6) is 11.5 Å². The number of ether oxygens (including phenoxy) is 1. The lowest BCUT2D eigenvalue weighted by molar-refractivity contribution is 0.412. The molecule has 2 aromatic rings. The van der Waals surface area contributed by atoms with Crippen LogP contribution in [-0.4, -0.2) is 26.8 Å². The van der Waals surface area contributed by atoms with Crippen molar-refractivity contribution in [2.45, 2.75) is 11.8 Å². The summed E-state index contributed by atoms with van der Waals surface area (Å²) in [5.41, 5.74) is 1.30. The highest BCUT2D eigenvalue weighted by Gasteiger charge is 2.11. The van der Waals surface area contributed by atoms with Crippen molar-refractivity contribution in [1.82, 2.24) is 4.83 Å². The summed E-state index contributed by atoms with van der Waals surface area (Å²) in [4.78, 5) is 2.21. The van der Waals surface area contributed by atoms with Crippen molar-refractivity contribution in [2.24, 2.45) is 5.10 Å². The fourth-order valence-corrected chi connectivity index (χ4v) is 2.49. The number of nitrogens with one attached hydrogen (secondary N) is 1. The molecule has 2 rings (SSSR count). The van der Waals surface area contributed by atoms with Crippen molar-refractivity contribution < 1.29 is 18.3 Å². The Morgan fingerprint density at radius 3 is 2.50 bits per heavy atom. The van der Waals surface area contributed by atoms with Gasteiger partial charge in [0.1, 0.15) is 11.5 Å². The number of phenols is 1. The molecule has 0 heterocycles. The van der Waals surface area contributed by atoms with E-state index in [-0.39, 0.29) is 10.6 Å². The molecule has 0 amide bonds. The van der Waals surface area contributed by atoms with E-state index in [9.17, 15) is 13.5 Å². The minimum Gasteiger partial charge on any atom is -0.507 e. The Kier molecular flexibility index (Phi) is 4.67. The van der Waals surface area contributed by atoms with E-state index in [1.807, 2.05) is 6.92 Å². The highest BCUT2D eigenvalue weighted by Crippen LogP contribution is 2.21. The first-order valence-corrected chi connectivity index (χ1v) is 7.89. The molecular weight excluding hydrogens is 304 g/mol. The Hall–Kier alpha value is -2.54. The van der Waals surface area contributed by atoms with Gasteiger partial charge in [-0.15, -0.1) is 0 Å². The van der Waals surface area contributed by atoms with Gasteiger partial charge >= 0.3 is 0 Å². The van der Waals surface area contributed by atoms with E-state index in [2.05, 4.69) is 9.93 Å². The second kappa shape index (κ2) is 6.48. The van der Waals surface area contributed by atoms with E-state index >= 15 is 0 Å². The van der Waals surface area contributed by atoms with Gasteiger partial charge in [-0.1, -0.05) is 17.7 Å². The summed E-state index contributed by atoms with van der Waals surface area (Å²) in [6, 6.07) is 11.0. The Morgan fingerprint density at radius 1 is 1.18 bits per heavy atom. The number of methoxy groups -OCH3 is 1. The zero-order valence-corrected chi connectivity index (χ0v) is 13.0. The zero-order chi connectivity index (χ0) is 16.2. The first-order valence-electron chi connectivity index (χ1n) is 6.41. The molecule has 0 radical (unpaired) electrons. The molecule has 0 aliphatic rings. The van der Waals surface area contributed by atoms with E-state index in [1.165, 1.54) is 31.5 Å². The van der Waals surface area contributed by atoms with Gasteiger partial charge in [0.2, 0.25) is 0 Å². The lowest BCUT2D eigenvalue weighted by Gasteiger charge is -2.05. The Bertz CT molecular complexity index is 784. The number of benzene rings is 2. The van der Waals surface area contributed by atoms with E-state index in [0.29, 0.717) is 11.3 Å². The van der Waals surface area contributed by atoms with Gasteiger partial charge in [0, 0.05) is 5.56 Å². The average molecular weight is 320 g/mol. The van der Waals surface area contributed by atoms with Crippen molar-refractivity contribution in [2.75, 3.05) is 7.11 Å². The van der Waals surface area contributed by atoms with Crippen LogP contribution in [0.1, 0.15) is 11.1 Å². The smallest absolute Gasteiger partial charge is 0.276 e. The minimum atomic E-state index is -3.74. The van der Waals surface area contributed by atoms with Gasteiger partial charge in [0.05, 0.1) is 18.2 Å². The maximum Gasteiger partial charge on any atom is 0.276 e. The normalized spacial score (nSPS) is 11.5. The topological polar surface area (TPSA) is 88.0 Å². The fourth-order valence-electron chi connectivity index (χ4n) is 1.70. The van der Waals surface area contributed by atoms with Crippen molar-refractivity contribution in [3.8, 4) is 11.5 Å². The molecule has 0 saturated heterocycles. The predicted molar refractivity (Wildman–Crippen MR) is 83.8 cm³/mol. The number of sulfonamides is 1. The maximum atomic E-state index is 12.0. The van der Waals surface area contributed by atoms with Gasteiger partial charge in [0.25, 0.3) is 10.0 Å². The van der Waals surface area contributed by atoms with Gasteiger partial charge in [-0.05, 0) is 37.3 Å². The summed E-state index contributed by atoms with van der Waals surface area (Å²) in [6.45, 7) is 1.87. The molecule has 0 aromatic heterocycles. The van der Waals surface area contributed by atoms with Crippen LogP contribution in [0.2, 0.25) is 0 Å². The monoisotopic (exact) mass is 320 g/mol. The summed E-state index contributed by atoms with van der Waals surface area (Å²) in [5, 5.41) is 13.4. The standard InChI is InChI=1S/C15H16N2O4S/c1-11-3-6-14(7-4-11)22(19,20)17-16-10-12-9-13(21-2)5-8-15(12)18/h3-10,17-18H,1-2H3. The van der Waals surface area contributed by atoms with Crippen LogP contribution < -0.4 is 9.57 Å². The maximum absolute atomic E-state index is 12.0. The summed E-state index contributed by atoms with van der Waals surface area (Å²) in [7, 11) is -2.24. The molecule has 0 fully saturated rings. The fraction of sp³-hybridized carbons (Fsp3) is 0.133. The SMILES string of the molecule is COc1ccc(O)c(C=NNS(=O)(=O)c2ccc(C)cc2)c1. The Morgan fingerprint density at radius 2 is 1.86 bits per heavy atom. The molecule has 7 heteroatoms. The summed E-state index contributed by atoms with van der Waals surface area (Å²) in [5.74, 6) is 0.500. The molecule has 0 atom stereocenters. The van der Waals surface area contributed by atoms with E-state index < -0.39 is 10.0 Å². The molecule has 0 spiro atoms. The lowest BCUT2D eigenvalue weighted by atomic mass is 10.2. The molecule has 0 saturated carbocycles. The number of aromatic hydroxyl groups is 1. The molecule has 0 unspecified atom stereocenters. The summed E-state index contributed by atoms with van der Waals surface area (Å²) < 4.78 is 29.1. The van der Waals surface area contributed by atoms with Gasteiger partial charge in [-0.2, -0.15) is 13.5 Å². The number of nitrogens with zero attached hydrogens (tertiary/aromatic N) is 1. The largest absolute Gasteiger partial charge is 0.507 e. The zero-order valence-electron chi connectivity index (χ0n) is 12.1. The van der Waals surface area contributed by atoms with Gasteiger partial charge in [-0.3, -0.25) is 0 Å². The van der Waals surface area contributed by atoms with Crippen LogP contribution in [0.15, 0.2) is 52.5 Å². The summed E-state index contributed by atoms with van der Waals surface area (Å²) >= 11 is 0. The second-order valence-corrected chi connectivity index (χ2v) is 6.25. The molecule has 2 aromatic carbocycles. The van der Waals surface area contributed by atoms with Crippen LogP contribution in [-0.2, 0) is 10.0 Å². The molecule has 0 bridgehead atoms. The van der Waals surface area contributed by atoms with Crippen molar-refractivity contribution in [3.63, 3.8) is 0 Å². The van der Waals surface area contributed by atoms with Crippen LogP contribution in [0.4, 0.5) is 0 Å². The number of phenolic OH excluding ortho intramolecular Hbond substituents is 1. The van der Waals surface area contributed by atoms with Crippen molar-refractivity contribution in [1.29, 1.82) is 0 Å². The quantitative estimate of drug-likeness (QED) is 0.652. The molecule has 116 valence electrons. The Balaban J connectivity index is 2.16. The number of hydrazone groups is 1. The molecular formula is C15H16N2O4S. The second-order valence-electron chi connectivity index (χ2n) is 4.59. The first-order chi connectivity index (χ1) is 10.4. The molecule has 2 N–H and O–H groups in total. The number of hydrogen-bond acceptors (Lipinski definition) is 5. The van der Waals surface area contributed by atoms with Crippen molar-refractivity contribution in [3.05, 3.63) is 53.6 Å². The van der Waals surface area contributed by atoms with Crippen LogP contribution in [0, 0.1) is 6.92 Å². The molecule has 22 heavy (non-hydrogen) atoms. The highest BCUT2D eigenvalue weighted by molar-refractivity contribution is 7.89. The van der Waals surface area contributed by atoms with Crippen LogP contribution in [0.3, 0.4) is 0 Å². The first kappa shape index (κ1) is 15.8. The molecule has 0 aliphatic carbocycles. The van der Waals surface area contributed by atoms with Crippen LogP contribution >= 0.6 is 0 Å². The van der Waals surface area contributed by atoms with Crippen LogP contribution in [0.25, 0.3) is 0 Å². The summed E-state index contributed by atoms with van der Waals surface area (Å²) in [6.07, 6.45) is 1.21. The predicted octanol–water partition coefficient (Wildman–Crippen LogP) is 2.02. The van der Waals surface area contributed by atoms with E-state index in [4.69, 9.17) is 4.74 Å². The third-order valence-electron chi connectivity index (χ3n) is 2.94. The minimum absolute atomic E-state index is 0.0286. The molecule has 6 nitrogen and oxygen atoms in total. The number of aryl methyl sites for hydroxylation is 1. The van der Waals surface area contributed by atoms with E-state index in [1.54, 1.807) is 24.3 Å². The Labute approximate surface area is 129 Å². The third-order valence-corrected chi connectivity index (χ3v) is 4.18. The number of rotatable bonds is 5. The molecule has 0 aliphatic heterocycles. The number of hydrogen-bond donors (Lipinski definition) is 2. The van der Waals surface area contributed by atoms with Crippen molar-refractivity contribution >= 4 is 16.2 Å². The van der Waals surface area contributed by atoms with Gasteiger partial charge < -0.3 is 9.84 Å². The third kappa shape index (κ3) is 3.76. The van der Waals surface area contributed by atoms with Gasteiger partial charge in [0.15, 0.2) is 0 Å².